The number of nitrogens with one attached hydrogen (secondary N) is 1. The van der Waals surface area contributed by atoms with Gasteiger partial charge in [0.1, 0.15) is 0 Å². The molecule has 0 aromatic carbocycles. The average Bonchev–Trinajstić information content (AvgIpc) is 2.51. The molecule has 0 radical (unpaired) electrons. The molecule has 0 atom stereocenters. The van der Waals surface area contributed by atoms with E-state index in [1.54, 1.807) is 12.3 Å². The Balaban J connectivity index is 1.84. The molecule has 5 nitrogen and oxygen atoms in total. The first kappa shape index (κ1) is 15.8. The van der Waals surface area contributed by atoms with Crippen LogP contribution < -0.4 is 5.56 Å². The van der Waals surface area contributed by atoms with Crippen molar-refractivity contribution in [3.05, 3.63) is 34.2 Å². The minimum absolute atomic E-state index is 0.0701. The third kappa shape index (κ3) is 4.17. The highest BCUT2D eigenvalue weighted by Crippen LogP contribution is 2.14. The lowest BCUT2D eigenvalue weighted by Crippen LogP contribution is -2.49. The zero-order chi connectivity index (χ0) is 15.2. The number of piperazine rings is 1. The molecule has 2 heterocycles. The summed E-state index contributed by atoms with van der Waals surface area (Å²) in [6.45, 7) is 8.38. The number of amides is 1. The molecule has 0 bridgehead atoms. The maximum absolute atomic E-state index is 12.3. The Labute approximate surface area is 126 Å². The van der Waals surface area contributed by atoms with E-state index in [1.165, 1.54) is 0 Å². The SMILES string of the molecule is CCC(CC)C(=O)N1CCN(Cc2ccc(=O)[nH]c2)CC1. The lowest BCUT2D eigenvalue weighted by molar-refractivity contribution is -0.137. The van der Waals surface area contributed by atoms with E-state index < -0.39 is 0 Å². The molecule has 1 aliphatic rings. The van der Waals surface area contributed by atoms with Gasteiger partial charge in [0.2, 0.25) is 11.5 Å². The van der Waals surface area contributed by atoms with Crippen LogP contribution in [-0.2, 0) is 11.3 Å². The van der Waals surface area contributed by atoms with Crippen LogP contribution in [0, 0.1) is 5.92 Å². The van der Waals surface area contributed by atoms with E-state index in [0.717, 1.165) is 51.1 Å². The van der Waals surface area contributed by atoms with Crippen LogP contribution in [0.5, 0.6) is 0 Å². The summed E-state index contributed by atoms with van der Waals surface area (Å²) in [5.41, 5.74) is 1.04. The third-order valence-corrected chi connectivity index (χ3v) is 4.27. The van der Waals surface area contributed by atoms with Gasteiger partial charge in [0.25, 0.3) is 0 Å². The quantitative estimate of drug-likeness (QED) is 0.893. The van der Waals surface area contributed by atoms with Gasteiger partial charge >= 0.3 is 0 Å². The van der Waals surface area contributed by atoms with Crippen molar-refractivity contribution in [3.63, 3.8) is 0 Å². The molecule has 0 spiro atoms. The molecule has 1 fully saturated rings. The Morgan fingerprint density at radius 3 is 2.38 bits per heavy atom. The van der Waals surface area contributed by atoms with Crippen LogP contribution in [-0.4, -0.2) is 46.9 Å². The maximum Gasteiger partial charge on any atom is 0.247 e. The minimum atomic E-state index is -0.0701. The average molecular weight is 291 g/mol. The number of carbonyl (C=O) groups is 1. The van der Waals surface area contributed by atoms with E-state index in [-0.39, 0.29) is 11.5 Å². The maximum atomic E-state index is 12.3. The third-order valence-electron chi connectivity index (χ3n) is 4.27. The summed E-state index contributed by atoms with van der Waals surface area (Å²) in [6.07, 6.45) is 3.61. The first-order chi connectivity index (χ1) is 10.1. The molecule has 1 aromatic heterocycles. The van der Waals surface area contributed by atoms with Crippen LogP contribution in [0.3, 0.4) is 0 Å². The molecule has 2 rings (SSSR count). The fourth-order valence-corrected chi connectivity index (χ4v) is 2.82. The molecule has 0 saturated carbocycles. The van der Waals surface area contributed by atoms with E-state index in [4.69, 9.17) is 0 Å². The summed E-state index contributed by atoms with van der Waals surface area (Å²) >= 11 is 0. The van der Waals surface area contributed by atoms with Gasteiger partial charge in [-0.15, -0.1) is 0 Å². The highest BCUT2D eigenvalue weighted by Gasteiger charge is 2.25. The van der Waals surface area contributed by atoms with Gasteiger partial charge < -0.3 is 9.88 Å². The molecule has 1 saturated heterocycles. The standard InChI is InChI=1S/C16H25N3O2/c1-3-14(4-2)16(21)19-9-7-18(8-10-19)12-13-5-6-15(20)17-11-13/h5-6,11,14H,3-4,7-10,12H2,1-2H3,(H,17,20). The van der Waals surface area contributed by atoms with Gasteiger partial charge in [0.05, 0.1) is 0 Å². The van der Waals surface area contributed by atoms with Crippen LogP contribution in [0.15, 0.2) is 23.1 Å². The minimum Gasteiger partial charge on any atom is -0.340 e. The summed E-state index contributed by atoms with van der Waals surface area (Å²) < 4.78 is 0. The van der Waals surface area contributed by atoms with Gasteiger partial charge in [0, 0.05) is 50.9 Å². The predicted molar refractivity (Wildman–Crippen MR) is 83.0 cm³/mol. The molecule has 1 N–H and O–H groups in total. The summed E-state index contributed by atoms with van der Waals surface area (Å²) in [7, 11) is 0. The van der Waals surface area contributed by atoms with Crippen molar-refractivity contribution in [3.8, 4) is 0 Å². The highest BCUT2D eigenvalue weighted by molar-refractivity contribution is 5.78. The van der Waals surface area contributed by atoms with Gasteiger partial charge in [0.15, 0.2) is 0 Å². The van der Waals surface area contributed by atoms with E-state index in [0.29, 0.717) is 5.91 Å². The second-order valence-electron chi connectivity index (χ2n) is 5.68. The molecule has 1 amide bonds. The lowest BCUT2D eigenvalue weighted by atomic mass is 10.0. The molecular formula is C16H25N3O2. The van der Waals surface area contributed by atoms with Gasteiger partial charge in [-0.1, -0.05) is 19.9 Å². The van der Waals surface area contributed by atoms with Crippen molar-refractivity contribution in [1.82, 2.24) is 14.8 Å². The van der Waals surface area contributed by atoms with Crippen LogP contribution in [0.1, 0.15) is 32.3 Å². The highest BCUT2D eigenvalue weighted by atomic mass is 16.2. The number of nitrogens with zero attached hydrogens (tertiary/aromatic N) is 2. The monoisotopic (exact) mass is 291 g/mol. The van der Waals surface area contributed by atoms with Gasteiger partial charge in [-0.05, 0) is 18.4 Å². The van der Waals surface area contributed by atoms with Crippen LogP contribution in [0.2, 0.25) is 0 Å². The second-order valence-corrected chi connectivity index (χ2v) is 5.68. The predicted octanol–water partition coefficient (Wildman–Crippen LogP) is 1.46. The van der Waals surface area contributed by atoms with Crippen molar-refractivity contribution in [2.24, 2.45) is 5.92 Å². The zero-order valence-corrected chi connectivity index (χ0v) is 13.0. The fraction of sp³-hybridized carbons (Fsp3) is 0.625. The van der Waals surface area contributed by atoms with Crippen molar-refractivity contribution in [2.75, 3.05) is 26.2 Å². The first-order valence-corrected chi connectivity index (χ1v) is 7.82. The molecule has 0 aliphatic carbocycles. The first-order valence-electron chi connectivity index (χ1n) is 7.82. The van der Waals surface area contributed by atoms with Crippen LogP contribution >= 0.6 is 0 Å². The van der Waals surface area contributed by atoms with Gasteiger partial charge in [-0.2, -0.15) is 0 Å². The molecule has 1 aliphatic heterocycles. The Morgan fingerprint density at radius 2 is 1.86 bits per heavy atom. The van der Waals surface area contributed by atoms with Crippen LogP contribution in [0.4, 0.5) is 0 Å². The molecular weight excluding hydrogens is 266 g/mol. The Bertz CT molecular complexity index is 494. The molecule has 116 valence electrons. The smallest absolute Gasteiger partial charge is 0.247 e. The normalized spacial score (nSPS) is 16.4. The Hall–Kier alpha value is -1.62. The van der Waals surface area contributed by atoms with Crippen molar-refractivity contribution < 1.29 is 4.79 Å². The number of aromatic amines is 1. The van der Waals surface area contributed by atoms with Gasteiger partial charge in [-0.25, -0.2) is 0 Å². The lowest BCUT2D eigenvalue weighted by Gasteiger charge is -2.36. The number of hydrogen-bond donors (Lipinski definition) is 1. The van der Waals surface area contributed by atoms with Crippen molar-refractivity contribution in [2.45, 2.75) is 33.2 Å². The number of pyridine rings is 1. The number of rotatable bonds is 5. The van der Waals surface area contributed by atoms with Crippen LogP contribution in [0.25, 0.3) is 0 Å². The fourth-order valence-electron chi connectivity index (χ4n) is 2.82. The van der Waals surface area contributed by atoms with E-state index in [2.05, 4.69) is 23.7 Å². The topological polar surface area (TPSA) is 56.4 Å². The number of aromatic nitrogens is 1. The number of carbonyl (C=O) groups excluding carboxylic acids is 1. The van der Waals surface area contributed by atoms with Crippen molar-refractivity contribution >= 4 is 5.91 Å². The summed E-state index contributed by atoms with van der Waals surface area (Å²) in [5, 5.41) is 0. The number of hydrogen-bond acceptors (Lipinski definition) is 3. The summed E-state index contributed by atoms with van der Waals surface area (Å²) in [6, 6.07) is 3.42. The number of H-pyrrole nitrogens is 1. The molecule has 0 unspecified atom stereocenters. The summed E-state index contributed by atoms with van der Waals surface area (Å²) in [5.74, 6) is 0.486. The Morgan fingerprint density at radius 1 is 1.19 bits per heavy atom. The largest absolute Gasteiger partial charge is 0.340 e. The van der Waals surface area contributed by atoms with E-state index >= 15 is 0 Å². The van der Waals surface area contributed by atoms with Crippen molar-refractivity contribution in [1.29, 1.82) is 0 Å². The molecule has 5 heteroatoms. The summed E-state index contributed by atoms with van der Waals surface area (Å²) in [4.78, 5) is 30.4. The van der Waals surface area contributed by atoms with E-state index in [1.807, 2.05) is 11.0 Å². The molecule has 21 heavy (non-hydrogen) atoms. The van der Waals surface area contributed by atoms with Gasteiger partial charge in [-0.3, -0.25) is 14.5 Å². The second kappa shape index (κ2) is 7.41. The van der Waals surface area contributed by atoms with E-state index in [9.17, 15) is 9.59 Å². The zero-order valence-electron chi connectivity index (χ0n) is 13.0. The Kier molecular flexibility index (Phi) is 5.56. The molecule has 1 aromatic rings.